The zero-order valence-corrected chi connectivity index (χ0v) is 19.5. The highest BCUT2D eigenvalue weighted by Gasteiger charge is 2.46. The van der Waals surface area contributed by atoms with Crippen LogP contribution in [0.25, 0.3) is 11.8 Å². The van der Waals surface area contributed by atoms with Gasteiger partial charge >= 0.3 is 0 Å². The zero-order valence-electron chi connectivity index (χ0n) is 19.5. The highest BCUT2D eigenvalue weighted by atomic mass is 16.3. The van der Waals surface area contributed by atoms with Crippen LogP contribution in [0.3, 0.4) is 0 Å². The minimum Gasteiger partial charge on any atom is -0.508 e. The standard InChI is InChI=1S/C31H29NO2/c1-3-9-20(2)27-28(22-10-7-8-11-22)29-26(32-30(27)23-12-5-4-6-13-23)19-24(31(29)34)18-21-14-16-25(33)17-15-21/h4-8,10,12-18,28-29,33H,2-3,9,11,19H2,1H3/b24-18-. The number of benzene rings is 2. The molecule has 1 fully saturated rings. The molecule has 34 heavy (non-hydrogen) atoms. The highest BCUT2D eigenvalue weighted by molar-refractivity contribution is 6.24. The molecule has 0 radical (unpaired) electrons. The minimum absolute atomic E-state index is 0.0463. The molecule has 1 heterocycles. The molecule has 0 bridgehead atoms. The van der Waals surface area contributed by atoms with E-state index in [-0.39, 0.29) is 23.4 Å². The van der Waals surface area contributed by atoms with Crippen LogP contribution >= 0.6 is 0 Å². The Hall–Kier alpha value is -3.72. The number of ketones is 1. The number of aromatic hydroxyl groups is 1. The van der Waals surface area contributed by atoms with Crippen LogP contribution < -0.4 is 0 Å². The number of Topliss-reactive ketones (excluding diaryl/α,β-unsaturated/α-hetero) is 1. The quantitative estimate of drug-likeness (QED) is 0.481. The van der Waals surface area contributed by atoms with E-state index in [0.717, 1.165) is 58.5 Å². The van der Waals surface area contributed by atoms with Crippen LogP contribution in [0.2, 0.25) is 0 Å². The fraction of sp³-hybridized carbons (Fsp3) is 0.226. The molecule has 3 aliphatic rings. The first kappa shape index (κ1) is 22.1. The number of allylic oxidation sites excluding steroid dienone is 7. The van der Waals surface area contributed by atoms with E-state index in [1.165, 1.54) is 5.57 Å². The van der Waals surface area contributed by atoms with Gasteiger partial charge in [0.2, 0.25) is 0 Å². The SMILES string of the molecule is C=C(CCC)C1=C(c2ccccc2)N=C2C/C(=C/c3ccc(O)cc3)C(=O)C2C1C1=CC=CC1. The van der Waals surface area contributed by atoms with Crippen molar-refractivity contribution in [3.63, 3.8) is 0 Å². The summed E-state index contributed by atoms with van der Waals surface area (Å²) in [6, 6.07) is 17.3. The van der Waals surface area contributed by atoms with Crippen molar-refractivity contribution in [3.05, 3.63) is 113 Å². The number of carbonyl (C=O) groups excluding carboxylic acids is 1. The molecular formula is C31H29NO2. The molecule has 2 unspecified atom stereocenters. The third kappa shape index (κ3) is 4.03. The molecule has 3 heteroatoms. The summed E-state index contributed by atoms with van der Waals surface area (Å²) < 4.78 is 0. The molecule has 5 rings (SSSR count). The van der Waals surface area contributed by atoms with Gasteiger partial charge in [-0.3, -0.25) is 9.79 Å². The predicted octanol–water partition coefficient (Wildman–Crippen LogP) is 7.09. The van der Waals surface area contributed by atoms with Crippen LogP contribution in [0.4, 0.5) is 0 Å². The van der Waals surface area contributed by atoms with Crippen LogP contribution in [0.15, 0.2) is 107 Å². The lowest BCUT2D eigenvalue weighted by molar-refractivity contribution is -0.117. The second-order valence-electron chi connectivity index (χ2n) is 9.22. The van der Waals surface area contributed by atoms with Crippen molar-refractivity contribution in [2.75, 3.05) is 0 Å². The molecule has 1 aliphatic heterocycles. The number of carbonyl (C=O) groups is 1. The Morgan fingerprint density at radius 2 is 1.88 bits per heavy atom. The number of nitrogens with zero attached hydrogens (tertiary/aromatic N) is 1. The summed E-state index contributed by atoms with van der Waals surface area (Å²) in [4.78, 5) is 19.0. The van der Waals surface area contributed by atoms with Gasteiger partial charge in [0.05, 0.1) is 11.6 Å². The monoisotopic (exact) mass is 447 g/mol. The summed E-state index contributed by atoms with van der Waals surface area (Å²) in [7, 11) is 0. The van der Waals surface area contributed by atoms with E-state index < -0.39 is 0 Å². The van der Waals surface area contributed by atoms with Crippen molar-refractivity contribution in [1.82, 2.24) is 0 Å². The number of hydrogen-bond acceptors (Lipinski definition) is 3. The predicted molar refractivity (Wildman–Crippen MR) is 139 cm³/mol. The van der Waals surface area contributed by atoms with E-state index in [0.29, 0.717) is 6.42 Å². The number of rotatable bonds is 6. The van der Waals surface area contributed by atoms with Gasteiger partial charge in [0.1, 0.15) is 5.75 Å². The van der Waals surface area contributed by atoms with Crippen molar-refractivity contribution in [3.8, 4) is 5.75 Å². The molecule has 1 saturated carbocycles. The highest BCUT2D eigenvalue weighted by Crippen LogP contribution is 2.49. The second kappa shape index (κ2) is 9.26. The summed E-state index contributed by atoms with van der Waals surface area (Å²) in [5.41, 5.74) is 8.12. The van der Waals surface area contributed by atoms with Crippen LogP contribution in [0, 0.1) is 11.8 Å². The fourth-order valence-corrected chi connectivity index (χ4v) is 5.34. The van der Waals surface area contributed by atoms with Crippen LogP contribution in [0.1, 0.15) is 43.7 Å². The normalized spacial score (nSPS) is 22.7. The van der Waals surface area contributed by atoms with Crippen molar-refractivity contribution in [1.29, 1.82) is 0 Å². The van der Waals surface area contributed by atoms with Crippen molar-refractivity contribution in [2.45, 2.75) is 32.6 Å². The molecule has 1 N–H and O–H groups in total. The lowest BCUT2D eigenvalue weighted by Crippen LogP contribution is -2.32. The molecule has 2 aromatic rings. The molecule has 3 nitrogen and oxygen atoms in total. The van der Waals surface area contributed by atoms with Gasteiger partial charge in [0.15, 0.2) is 5.78 Å². The van der Waals surface area contributed by atoms with Gasteiger partial charge in [-0.05, 0) is 47.8 Å². The Morgan fingerprint density at radius 3 is 2.56 bits per heavy atom. The van der Waals surface area contributed by atoms with Gasteiger partial charge in [-0.25, -0.2) is 0 Å². The molecule has 2 aliphatic carbocycles. The Labute approximate surface area is 201 Å². The summed E-state index contributed by atoms with van der Waals surface area (Å²) in [5.74, 6) is 0.0357. The van der Waals surface area contributed by atoms with E-state index in [9.17, 15) is 9.90 Å². The third-order valence-electron chi connectivity index (χ3n) is 6.90. The summed E-state index contributed by atoms with van der Waals surface area (Å²) in [6.45, 7) is 6.64. The van der Waals surface area contributed by atoms with Gasteiger partial charge in [0.25, 0.3) is 0 Å². The number of phenols is 1. The van der Waals surface area contributed by atoms with Crippen molar-refractivity contribution >= 4 is 23.3 Å². The number of fused-ring (bicyclic) bond motifs is 1. The maximum absolute atomic E-state index is 13.8. The third-order valence-corrected chi connectivity index (χ3v) is 6.90. The van der Waals surface area contributed by atoms with Crippen LogP contribution in [-0.4, -0.2) is 16.6 Å². The number of hydrogen-bond donors (Lipinski definition) is 1. The number of phenolic OH excluding ortho intramolecular Hbond substituents is 1. The van der Waals surface area contributed by atoms with Gasteiger partial charge in [0, 0.05) is 29.2 Å². The first-order chi connectivity index (χ1) is 16.6. The van der Waals surface area contributed by atoms with E-state index in [4.69, 9.17) is 4.99 Å². The topological polar surface area (TPSA) is 49.7 Å². The Bertz CT molecular complexity index is 1290. The number of aliphatic imine (C=N–C) groups is 1. The molecule has 0 saturated heterocycles. The molecule has 0 spiro atoms. The first-order valence-electron chi connectivity index (χ1n) is 12.0. The maximum Gasteiger partial charge on any atom is 0.168 e. The summed E-state index contributed by atoms with van der Waals surface area (Å²) in [5, 5.41) is 9.62. The second-order valence-corrected chi connectivity index (χ2v) is 9.22. The van der Waals surface area contributed by atoms with Gasteiger partial charge in [-0.1, -0.05) is 86.2 Å². The van der Waals surface area contributed by atoms with E-state index in [1.807, 2.05) is 36.4 Å². The van der Waals surface area contributed by atoms with Gasteiger partial charge in [-0.15, -0.1) is 0 Å². The average molecular weight is 448 g/mol. The van der Waals surface area contributed by atoms with E-state index in [2.05, 4.69) is 43.9 Å². The summed E-state index contributed by atoms with van der Waals surface area (Å²) in [6.07, 6.45) is 11.6. The Morgan fingerprint density at radius 1 is 1.12 bits per heavy atom. The zero-order chi connectivity index (χ0) is 23.7. The molecule has 2 aromatic carbocycles. The van der Waals surface area contributed by atoms with Gasteiger partial charge < -0.3 is 5.11 Å². The average Bonchev–Trinajstić information content (AvgIpc) is 3.49. The molecular weight excluding hydrogens is 418 g/mol. The molecule has 0 aromatic heterocycles. The lowest BCUT2D eigenvalue weighted by atomic mass is 9.71. The van der Waals surface area contributed by atoms with Crippen LogP contribution in [0.5, 0.6) is 5.75 Å². The first-order valence-corrected chi connectivity index (χ1v) is 12.0. The lowest BCUT2D eigenvalue weighted by Gasteiger charge is -2.33. The minimum atomic E-state index is -0.286. The smallest absolute Gasteiger partial charge is 0.168 e. The summed E-state index contributed by atoms with van der Waals surface area (Å²) >= 11 is 0. The van der Waals surface area contributed by atoms with Gasteiger partial charge in [-0.2, -0.15) is 0 Å². The fourth-order valence-electron chi connectivity index (χ4n) is 5.34. The Kier molecular flexibility index (Phi) is 6.02. The van der Waals surface area contributed by atoms with Crippen molar-refractivity contribution < 1.29 is 9.90 Å². The van der Waals surface area contributed by atoms with E-state index in [1.54, 1.807) is 12.1 Å². The van der Waals surface area contributed by atoms with E-state index >= 15 is 0 Å². The van der Waals surface area contributed by atoms with Crippen LogP contribution in [-0.2, 0) is 4.79 Å². The maximum atomic E-state index is 13.8. The largest absolute Gasteiger partial charge is 0.508 e. The molecule has 170 valence electrons. The molecule has 0 amide bonds. The Balaban J connectivity index is 1.65. The van der Waals surface area contributed by atoms with Crippen molar-refractivity contribution in [2.24, 2.45) is 16.8 Å². The molecule has 2 atom stereocenters.